The summed E-state index contributed by atoms with van der Waals surface area (Å²) in [5.41, 5.74) is 1.80. The second-order valence-corrected chi connectivity index (χ2v) is 5.75. The molecule has 2 unspecified atom stereocenters. The lowest BCUT2D eigenvalue weighted by Crippen LogP contribution is -2.22. The van der Waals surface area contributed by atoms with Crippen molar-refractivity contribution in [3.63, 3.8) is 0 Å². The predicted octanol–water partition coefficient (Wildman–Crippen LogP) is 1.85. The molecule has 0 aliphatic carbocycles. The summed E-state index contributed by atoms with van der Waals surface area (Å²) >= 11 is 10.4. The minimum absolute atomic E-state index is 0.360. The molecule has 0 saturated carbocycles. The number of nitrogens with zero attached hydrogens (tertiary/aromatic N) is 2. The summed E-state index contributed by atoms with van der Waals surface area (Å²) in [5.74, 6) is -1.40. The molecule has 2 aromatic rings. The van der Waals surface area contributed by atoms with Gasteiger partial charge in [0.1, 0.15) is 15.9 Å². The highest BCUT2D eigenvalue weighted by Crippen LogP contribution is 2.38. The van der Waals surface area contributed by atoms with Gasteiger partial charge in [-0.1, -0.05) is 27.5 Å². The number of hydrogen-bond acceptors (Lipinski definition) is 5. The van der Waals surface area contributed by atoms with E-state index in [1.165, 1.54) is 0 Å². The van der Waals surface area contributed by atoms with E-state index in [0.29, 0.717) is 21.6 Å². The molecule has 2 atom stereocenters. The Morgan fingerprint density at radius 1 is 1.28 bits per heavy atom. The first-order valence-corrected chi connectivity index (χ1v) is 7.01. The third-order valence-corrected chi connectivity index (χ3v) is 4.61. The molecule has 1 aromatic heterocycles. The molecule has 1 aromatic carbocycles. The number of halogens is 2. The molecule has 0 spiro atoms. The molecule has 1 N–H and O–H groups in total. The van der Waals surface area contributed by atoms with E-state index in [9.17, 15) is 9.59 Å². The van der Waals surface area contributed by atoms with Gasteiger partial charge in [-0.25, -0.2) is 0 Å². The monoisotopic (exact) mass is 345 g/mol. The third kappa shape index (κ3) is 1.65. The molecule has 2 amide bonds. The Bertz CT molecular complexity index is 674. The molecular formula is C10H5BrClN3O2S. The maximum atomic E-state index is 11.8. The molecule has 5 nitrogen and oxygen atoms in total. The minimum Gasteiger partial charge on any atom is -0.295 e. The summed E-state index contributed by atoms with van der Waals surface area (Å²) in [6.45, 7) is 0. The van der Waals surface area contributed by atoms with Gasteiger partial charge in [0, 0.05) is 10.6 Å². The van der Waals surface area contributed by atoms with E-state index < -0.39 is 10.7 Å². The van der Waals surface area contributed by atoms with Crippen LogP contribution in [0.1, 0.15) is 11.5 Å². The maximum absolute atomic E-state index is 11.8. The Morgan fingerprint density at radius 3 is 2.72 bits per heavy atom. The van der Waals surface area contributed by atoms with Crippen LogP contribution >= 0.6 is 39.3 Å². The van der Waals surface area contributed by atoms with Gasteiger partial charge in [0.05, 0.1) is 17.6 Å². The molecule has 3 rings (SSSR count). The van der Waals surface area contributed by atoms with Gasteiger partial charge in [0.2, 0.25) is 11.8 Å². The molecule has 1 saturated heterocycles. The first-order valence-electron chi connectivity index (χ1n) is 4.99. The second kappa shape index (κ2) is 4.25. The van der Waals surface area contributed by atoms with Gasteiger partial charge in [0.15, 0.2) is 0 Å². The third-order valence-electron chi connectivity index (χ3n) is 2.80. The Hall–Kier alpha value is -1.05. The van der Waals surface area contributed by atoms with Crippen molar-refractivity contribution in [1.82, 2.24) is 14.1 Å². The van der Waals surface area contributed by atoms with Crippen molar-refractivity contribution in [1.29, 1.82) is 0 Å². The van der Waals surface area contributed by atoms with E-state index in [-0.39, 0.29) is 11.8 Å². The van der Waals surface area contributed by atoms with Gasteiger partial charge in [-0.05, 0) is 12.1 Å². The molecule has 18 heavy (non-hydrogen) atoms. The first-order chi connectivity index (χ1) is 8.59. The number of benzene rings is 1. The SMILES string of the molecule is O=C1NC(=O)C(c2c(Cl)ccc3nsnc23)C1Br. The van der Waals surface area contributed by atoms with Crippen LogP contribution in [0.15, 0.2) is 12.1 Å². The van der Waals surface area contributed by atoms with Crippen LogP contribution in [0, 0.1) is 0 Å². The lowest BCUT2D eigenvalue weighted by Gasteiger charge is -2.12. The van der Waals surface area contributed by atoms with E-state index in [1.807, 2.05) is 0 Å². The van der Waals surface area contributed by atoms with Crippen molar-refractivity contribution in [2.45, 2.75) is 10.7 Å². The van der Waals surface area contributed by atoms with Crippen LogP contribution in [0.5, 0.6) is 0 Å². The van der Waals surface area contributed by atoms with Gasteiger partial charge in [-0.2, -0.15) is 8.75 Å². The lowest BCUT2D eigenvalue weighted by atomic mass is 9.96. The Morgan fingerprint density at radius 2 is 2.06 bits per heavy atom. The van der Waals surface area contributed by atoms with E-state index in [2.05, 4.69) is 30.0 Å². The Kier molecular flexibility index (Phi) is 2.84. The average Bonchev–Trinajstić information content (AvgIpc) is 2.88. The topological polar surface area (TPSA) is 72.0 Å². The lowest BCUT2D eigenvalue weighted by molar-refractivity contribution is -0.125. The quantitative estimate of drug-likeness (QED) is 0.632. The maximum Gasteiger partial charge on any atom is 0.241 e. The zero-order valence-corrected chi connectivity index (χ0v) is 11.8. The summed E-state index contributed by atoms with van der Waals surface area (Å²) in [7, 11) is 0. The van der Waals surface area contributed by atoms with Crippen molar-refractivity contribution in [3.05, 3.63) is 22.7 Å². The van der Waals surface area contributed by atoms with Crippen LogP contribution in [0.2, 0.25) is 5.02 Å². The number of carbonyl (C=O) groups excluding carboxylic acids is 2. The molecule has 8 heteroatoms. The highest BCUT2D eigenvalue weighted by Gasteiger charge is 2.43. The molecule has 1 aliphatic rings. The largest absolute Gasteiger partial charge is 0.295 e. The fourth-order valence-corrected chi connectivity index (χ4v) is 3.41. The smallest absolute Gasteiger partial charge is 0.241 e. The van der Waals surface area contributed by atoms with Gasteiger partial charge in [-0.15, -0.1) is 0 Å². The number of carbonyl (C=O) groups is 2. The number of amides is 2. The predicted molar refractivity (Wildman–Crippen MR) is 71.0 cm³/mol. The van der Waals surface area contributed by atoms with Crippen LogP contribution in [0.25, 0.3) is 11.0 Å². The fourth-order valence-electron chi connectivity index (χ4n) is 1.97. The molecule has 92 valence electrons. The van der Waals surface area contributed by atoms with E-state index in [4.69, 9.17) is 11.6 Å². The van der Waals surface area contributed by atoms with Crippen molar-refractivity contribution < 1.29 is 9.59 Å². The zero-order valence-electron chi connectivity index (χ0n) is 8.68. The first kappa shape index (κ1) is 12.0. The molecule has 0 bridgehead atoms. The van der Waals surface area contributed by atoms with Gasteiger partial charge in [0.25, 0.3) is 0 Å². The second-order valence-electron chi connectivity index (χ2n) is 3.83. The number of hydrogen-bond donors (Lipinski definition) is 1. The van der Waals surface area contributed by atoms with E-state index in [1.54, 1.807) is 12.1 Å². The summed E-state index contributed by atoms with van der Waals surface area (Å²) in [4.78, 5) is 22.7. The summed E-state index contributed by atoms with van der Waals surface area (Å²) < 4.78 is 8.25. The average molecular weight is 347 g/mol. The Labute approximate surface area is 119 Å². The zero-order chi connectivity index (χ0) is 12.9. The van der Waals surface area contributed by atoms with Crippen molar-refractivity contribution in [2.24, 2.45) is 0 Å². The van der Waals surface area contributed by atoms with E-state index >= 15 is 0 Å². The van der Waals surface area contributed by atoms with E-state index in [0.717, 1.165) is 11.7 Å². The van der Waals surface area contributed by atoms with Crippen molar-refractivity contribution >= 4 is 62.1 Å². The van der Waals surface area contributed by atoms with Gasteiger partial charge >= 0.3 is 0 Å². The highest BCUT2D eigenvalue weighted by atomic mass is 79.9. The number of aromatic nitrogens is 2. The number of fused-ring (bicyclic) bond motifs is 1. The van der Waals surface area contributed by atoms with Crippen molar-refractivity contribution in [2.75, 3.05) is 0 Å². The van der Waals surface area contributed by atoms with Crippen LogP contribution in [-0.4, -0.2) is 25.4 Å². The summed E-state index contributed by atoms with van der Waals surface area (Å²) in [6, 6.07) is 3.40. The normalized spacial score (nSPS) is 23.7. The number of nitrogens with one attached hydrogen (secondary N) is 1. The number of rotatable bonds is 1. The van der Waals surface area contributed by atoms with Crippen LogP contribution in [0.3, 0.4) is 0 Å². The standard InChI is InChI=1S/C10H5BrClN3O2S/c11-7-6(9(16)13-10(7)17)5-3(12)1-2-4-8(5)15-18-14-4/h1-2,6-7H,(H,13,16,17). The van der Waals surface area contributed by atoms with Gasteiger partial charge < -0.3 is 0 Å². The molecule has 1 aliphatic heterocycles. The number of imide groups is 1. The van der Waals surface area contributed by atoms with Crippen molar-refractivity contribution in [3.8, 4) is 0 Å². The minimum atomic E-state index is -0.669. The van der Waals surface area contributed by atoms with Crippen LogP contribution < -0.4 is 5.32 Å². The molecule has 0 radical (unpaired) electrons. The van der Waals surface area contributed by atoms with Crippen LogP contribution in [0.4, 0.5) is 0 Å². The molecule has 1 fully saturated rings. The highest BCUT2D eigenvalue weighted by molar-refractivity contribution is 9.10. The fraction of sp³-hybridized carbons (Fsp3) is 0.200. The summed E-state index contributed by atoms with van der Waals surface area (Å²) in [5, 5.41) is 2.68. The van der Waals surface area contributed by atoms with Crippen LogP contribution in [-0.2, 0) is 9.59 Å². The summed E-state index contributed by atoms with van der Waals surface area (Å²) in [6.07, 6.45) is 0. The Balaban J connectivity index is 2.25. The molecular weight excluding hydrogens is 342 g/mol. The van der Waals surface area contributed by atoms with Gasteiger partial charge in [-0.3, -0.25) is 14.9 Å². The number of alkyl halides is 1. The molecule has 2 heterocycles.